The molecule has 1 saturated carbocycles. The van der Waals surface area contributed by atoms with Gasteiger partial charge < -0.3 is 11.1 Å². The SMILES string of the molecule is Cc1cc(C(=O)NC2C(C)(C)C(N)C2(C)C)n(C)n1. The summed E-state index contributed by atoms with van der Waals surface area (Å²) in [6.45, 7) is 10.3. The maximum absolute atomic E-state index is 12.4. The second-order valence-corrected chi connectivity index (χ2v) is 6.82. The molecular weight excluding hydrogens is 240 g/mol. The summed E-state index contributed by atoms with van der Waals surface area (Å²) in [7, 11) is 1.78. The smallest absolute Gasteiger partial charge is 0.269 e. The van der Waals surface area contributed by atoms with E-state index in [2.05, 4.69) is 38.1 Å². The number of rotatable bonds is 2. The van der Waals surface area contributed by atoms with Crippen molar-refractivity contribution in [3.63, 3.8) is 0 Å². The van der Waals surface area contributed by atoms with Crippen LogP contribution >= 0.6 is 0 Å². The topological polar surface area (TPSA) is 72.9 Å². The van der Waals surface area contributed by atoms with Crippen LogP contribution in [0, 0.1) is 17.8 Å². The Balaban J connectivity index is 2.18. The highest BCUT2D eigenvalue weighted by atomic mass is 16.2. The minimum atomic E-state index is -0.0905. The third kappa shape index (κ3) is 1.96. The van der Waals surface area contributed by atoms with E-state index in [9.17, 15) is 4.79 Å². The molecule has 1 fully saturated rings. The summed E-state index contributed by atoms with van der Waals surface area (Å²) < 4.78 is 1.61. The summed E-state index contributed by atoms with van der Waals surface area (Å²) in [6, 6.07) is 1.95. The Morgan fingerprint density at radius 3 is 2.32 bits per heavy atom. The summed E-state index contributed by atoms with van der Waals surface area (Å²) >= 11 is 0. The van der Waals surface area contributed by atoms with Gasteiger partial charge in [0, 0.05) is 30.0 Å². The van der Waals surface area contributed by atoms with Crippen molar-refractivity contribution in [1.29, 1.82) is 0 Å². The number of amides is 1. The van der Waals surface area contributed by atoms with E-state index in [-0.39, 0.29) is 28.8 Å². The summed E-state index contributed by atoms with van der Waals surface area (Å²) in [6.07, 6.45) is 0. The van der Waals surface area contributed by atoms with Crippen molar-refractivity contribution in [3.05, 3.63) is 17.5 Å². The first-order valence-corrected chi connectivity index (χ1v) is 6.65. The van der Waals surface area contributed by atoms with Gasteiger partial charge in [-0.15, -0.1) is 0 Å². The minimum absolute atomic E-state index is 0.0673. The van der Waals surface area contributed by atoms with Gasteiger partial charge in [0.1, 0.15) is 5.69 Å². The molecule has 1 aliphatic carbocycles. The Kier molecular flexibility index (Phi) is 3.01. The number of hydrogen-bond donors (Lipinski definition) is 2. The molecule has 1 amide bonds. The minimum Gasteiger partial charge on any atom is -0.347 e. The number of carbonyl (C=O) groups excluding carboxylic acids is 1. The van der Waals surface area contributed by atoms with Crippen LogP contribution in [0.1, 0.15) is 43.9 Å². The average Bonchev–Trinajstić information content (AvgIpc) is 2.63. The highest BCUT2D eigenvalue weighted by Gasteiger charge is 2.60. The van der Waals surface area contributed by atoms with E-state index in [1.54, 1.807) is 17.8 Å². The number of nitrogens with one attached hydrogen (secondary N) is 1. The lowest BCUT2D eigenvalue weighted by Crippen LogP contribution is -2.76. The molecule has 2 rings (SSSR count). The second-order valence-electron chi connectivity index (χ2n) is 6.82. The van der Waals surface area contributed by atoms with Crippen LogP contribution in [0.2, 0.25) is 0 Å². The molecule has 5 heteroatoms. The Morgan fingerprint density at radius 2 is 1.89 bits per heavy atom. The van der Waals surface area contributed by atoms with Crippen LogP contribution in [0.3, 0.4) is 0 Å². The number of nitrogens with two attached hydrogens (primary N) is 1. The monoisotopic (exact) mass is 264 g/mol. The summed E-state index contributed by atoms with van der Waals surface area (Å²) in [5, 5.41) is 7.32. The third-order valence-corrected chi connectivity index (χ3v) is 4.60. The molecule has 1 aromatic rings. The first-order valence-electron chi connectivity index (χ1n) is 6.65. The van der Waals surface area contributed by atoms with Gasteiger partial charge in [0.15, 0.2) is 0 Å². The second kappa shape index (κ2) is 4.07. The molecule has 106 valence electrons. The van der Waals surface area contributed by atoms with Crippen molar-refractivity contribution in [1.82, 2.24) is 15.1 Å². The van der Waals surface area contributed by atoms with Crippen molar-refractivity contribution in [2.45, 2.75) is 46.7 Å². The number of aromatic nitrogens is 2. The van der Waals surface area contributed by atoms with Gasteiger partial charge in [0.2, 0.25) is 0 Å². The Morgan fingerprint density at radius 1 is 1.37 bits per heavy atom. The van der Waals surface area contributed by atoms with Gasteiger partial charge in [-0.3, -0.25) is 9.48 Å². The molecule has 0 radical (unpaired) electrons. The van der Waals surface area contributed by atoms with Crippen molar-refractivity contribution in [3.8, 4) is 0 Å². The highest BCUT2D eigenvalue weighted by Crippen LogP contribution is 2.52. The van der Waals surface area contributed by atoms with E-state index in [1.165, 1.54) is 0 Å². The molecule has 0 atom stereocenters. The number of carbonyl (C=O) groups is 1. The van der Waals surface area contributed by atoms with Gasteiger partial charge in [-0.2, -0.15) is 5.10 Å². The van der Waals surface area contributed by atoms with Gasteiger partial charge in [0.05, 0.1) is 5.69 Å². The van der Waals surface area contributed by atoms with Crippen molar-refractivity contribution < 1.29 is 4.79 Å². The standard InChI is InChI=1S/C14H24N4O/c1-8-7-9(18(6)17-8)10(19)16-12-13(2,3)11(15)14(12,4)5/h7,11-12H,15H2,1-6H3,(H,16,19). The van der Waals surface area contributed by atoms with E-state index >= 15 is 0 Å². The number of hydrogen-bond acceptors (Lipinski definition) is 3. The molecule has 1 aliphatic rings. The van der Waals surface area contributed by atoms with E-state index < -0.39 is 0 Å². The van der Waals surface area contributed by atoms with E-state index in [4.69, 9.17) is 5.73 Å². The van der Waals surface area contributed by atoms with E-state index in [1.807, 2.05) is 6.92 Å². The van der Waals surface area contributed by atoms with Crippen LogP contribution in [0.4, 0.5) is 0 Å². The Labute approximate surface area is 114 Å². The molecule has 0 aliphatic heterocycles. The number of aryl methyl sites for hydroxylation is 2. The van der Waals surface area contributed by atoms with Crippen LogP contribution in [0.15, 0.2) is 6.07 Å². The molecule has 3 N–H and O–H groups in total. The van der Waals surface area contributed by atoms with E-state index in [0.29, 0.717) is 5.69 Å². The van der Waals surface area contributed by atoms with Crippen LogP contribution in [-0.4, -0.2) is 27.8 Å². The lowest BCUT2D eigenvalue weighted by molar-refractivity contribution is -0.0664. The average molecular weight is 264 g/mol. The van der Waals surface area contributed by atoms with Crippen LogP contribution in [0.5, 0.6) is 0 Å². The highest BCUT2D eigenvalue weighted by molar-refractivity contribution is 5.93. The molecule has 0 bridgehead atoms. The molecule has 1 aromatic heterocycles. The molecule has 0 saturated heterocycles. The lowest BCUT2D eigenvalue weighted by atomic mass is 9.48. The third-order valence-electron chi connectivity index (χ3n) is 4.60. The normalized spacial score (nSPS) is 27.7. The van der Waals surface area contributed by atoms with Crippen molar-refractivity contribution >= 4 is 5.91 Å². The first-order chi connectivity index (χ1) is 8.58. The van der Waals surface area contributed by atoms with Gasteiger partial charge in [0.25, 0.3) is 5.91 Å². The molecule has 19 heavy (non-hydrogen) atoms. The molecule has 1 heterocycles. The maximum Gasteiger partial charge on any atom is 0.269 e. The van der Waals surface area contributed by atoms with Gasteiger partial charge in [-0.05, 0) is 13.0 Å². The molecular formula is C14H24N4O. The molecule has 0 unspecified atom stereocenters. The van der Waals surface area contributed by atoms with Gasteiger partial charge in [-0.25, -0.2) is 0 Å². The Hall–Kier alpha value is -1.36. The fourth-order valence-corrected chi connectivity index (χ4v) is 3.58. The number of nitrogens with zero attached hydrogens (tertiary/aromatic N) is 2. The predicted molar refractivity (Wildman–Crippen MR) is 74.7 cm³/mol. The zero-order chi connectivity index (χ0) is 14.6. The lowest BCUT2D eigenvalue weighted by Gasteiger charge is -2.62. The summed E-state index contributed by atoms with van der Waals surface area (Å²) in [4.78, 5) is 12.4. The largest absolute Gasteiger partial charge is 0.347 e. The van der Waals surface area contributed by atoms with Crippen LogP contribution in [0.25, 0.3) is 0 Å². The van der Waals surface area contributed by atoms with Crippen LogP contribution < -0.4 is 11.1 Å². The molecule has 0 spiro atoms. The fourth-order valence-electron chi connectivity index (χ4n) is 3.58. The van der Waals surface area contributed by atoms with Crippen molar-refractivity contribution in [2.75, 3.05) is 0 Å². The quantitative estimate of drug-likeness (QED) is 0.843. The summed E-state index contributed by atoms with van der Waals surface area (Å²) in [5.41, 5.74) is 7.45. The maximum atomic E-state index is 12.4. The predicted octanol–water partition coefficient (Wildman–Crippen LogP) is 1.22. The molecule has 0 aromatic carbocycles. The summed E-state index contributed by atoms with van der Waals surface area (Å²) in [5.74, 6) is -0.0823. The van der Waals surface area contributed by atoms with E-state index in [0.717, 1.165) is 5.69 Å². The van der Waals surface area contributed by atoms with Crippen LogP contribution in [-0.2, 0) is 7.05 Å². The first kappa shape index (κ1) is 14.1. The fraction of sp³-hybridized carbons (Fsp3) is 0.714. The molecule has 5 nitrogen and oxygen atoms in total. The van der Waals surface area contributed by atoms with Crippen molar-refractivity contribution in [2.24, 2.45) is 23.6 Å². The zero-order valence-electron chi connectivity index (χ0n) is 12.6. The zero-order valence-corrected chi connectivity index (χ0v) is 12.6. The van der Waals surface area contributed by atoms with Gasteiger partial charge in [-0.1, -0.05) is 27.7 Å². The Bertz CT molecular complexity index is 500. The van der Waals surface area contributed by atoms with Gasteiger partial charge >= 0.3 is 0 Å².